The molecule has 0 heterocycles. The Labute approximate surface area is 110 Å². The fourth-order valence-corrected chi connectivity index (χ4v) is 1.84. The summed E-state index contributed by atoms with van der Waals surface area (Å²) < 4.78 is 6.86. The highest BCUT2D eigenvalue weighted by molar-refractivity contribution is 9.10. The third kappa shape index (κ3) is 3.08. The van der Waals surface area contributed by atoms with E-state index in [1.807, 2.05) is 55.5 Å². The van der Waals surface area contributed by atoms with Crippen LogP contribution >= 0.6 is 15.9 Å². The number of hydrogen-bond donors (Lipinski definition) is 1. The number of rotatable bonds is 3. The van der Waals surface area contributed by atoms with Gasteiger partial charge in [-0.05, 0) is 37.3 Å². The summed E-state index contributed by atoms with van der Waals surface area (Å²) in [5.74, 6) is 1.62. The van der Waals surface area contributed by atoms with E-state index in [4.69, 9.17) is 10.5 Å². The lowest BCUT2D eigenvalue weighted by atomic mass is 10.1. The number of hydrogen-bond acceptors (Lipinski definition) is 2. The maximum atomic E-state index is 5.90. The normalized spacial score (nSPS) is 12.2. The first kappa shape index (κ1) is 12.1. The smallest absolute Gasteiger partial charge is 0.132 e. The average Bonchev–Trinajstić information content (AvgIpc) is 2.32. The Morgan fingerprint density at radius 2 is 1.71 bits per heavy atom. The molecule has 0 aliphatic heterocycles. The molecule has 2 nitrogen and oxygen atoms in total. The highest BCUT2D eigenvalue weighted by atomic mass is 79.9. The number of ether oxygens (including phenoxy) is 1. The van der Waals surface area contributed by atoms with Gasteiger partial charge in [-0.15, -0.1) is 0 Å². The predicted molar refractivity (Wildman–Crippen MR) is 73.3 cm³/mol. The van der Waals surface area contributed by atoms with E-state index in [0.717, 1.165) is 21.5 Å². The highest BCUT2D eigenvalue weighted by Gasteiger charge is 2.07. The van der Waals surface area contributed by atoms with Crippen LogP contribution in [-0.2, 0) is 0 Å². The third-order valence-corrected chi connectivity index (χ3v) is 2.98. The van der Waals surface area contributed by atoms with Gasteiger partial charge in [-0.25, -0.2) is 0 Å². The molecule has 2 rings (SSSR count). The van der Waals surface area contributed by atoms with Crippen molar-refractivity contribution in [2.75, 3.05) is 0 Å². The van der Waals surface area contributed by atoms with Crippen LogP contribution in [0.3, 0.4) is 0 Å². The van der Waals surface area contributed by atoms with Gasteiger partial charge in [0.1, 0.15) is 11.5 Å². The monoisotopic (exact) mass is 291 g/mol. The lowest BCUT2D eigenvalue weighted by molar-refractivity contribution is 0.472. The van der Waals surface area contributed by atoms with Crippen LogP contribution < -0.4 is 10.5 Å². The van der Waals surface area contributed by atoms with E-state index in [1.54, 1.807) is 0 Å². The van der Waals surface area contributed by atoms with Crippen molar-refractivity contribution >= 4 is 15.9 Å². The molecular formula is C14H14BrNO. The summed E-state index contributed by atoms with van der Waals surface area (Å²) >= 11 is 3.39. The Morgan fingerprint density at radius 1 is 1.06 bits per heavy atom. The molecule has 0 fully saturated rings. The van der Waals surface area contributed by atoms with Gasteiger partial charge in [0, 0.05) is 16.1 Å². The molecule has 0 aromatic heterocycles. The van der Waals surface area contributed by atoms with Crippen LogP contribution in [-0.4, -0.2) is 0 Å². The Hall–Kier alpha value is -1.32. The van der Waals surface area contributed by atoms with Crippen molar-refractivity contribution in [1.82, 2.24) is 0 Å². The van der Waals surface area contributed by atoms with Crippen LogP contribution in [0.2, 0.25) is 0 Å². The molecule has 1 unspecified atom stereocenters. The van der Waals surface area contributed by atoms with Crippen LogP contribution in [0.25, 0.3) is 0 Å². The van der Waals surface area contributed by atoms with Gasteiger partial charge in [-0.1, -0.05) is 34.1 Å². The second-order valence-electron chi connectivity index (χ2n) is 3.88. The average molecular weight is 292 g/mol. The van der Waals surface area contributed by atoms with Crippen LogP contribution in [0.15, 0.2) is 53.0 Å². The second kappa shape index (κ2) is 5.34. The van der Waals surface area contributed by atoms with Crippen LogP contribution in [0.4, 0.5) is 0 Å². The molecule has 88 valence electrons. The van der Waals surface area contributed by atoms with Gasteiger partial charge >= 0.3 is 0 Å². The van der Waals surface area contributed by atoms with Crippen molar-refractivity contribution in [3.63, 3.8) is 0 Å². The van der Waals surface area contributed by atoms with Crippen LogP contribution in [0.5, 0.6) is 11.5 Å². The van der Waals surface area contributed by atoms with Gasteiger partial charge in [0.15, 0.2) is 0 Å². The first-order chi connectivity index (χ1) is 8.16. The molecule has 0 aliphatic rings. The minimum atomic E-state index is -0.0401. The van der Waals surface area contributed by atoms with Crippen molar-refractivity contribution in [1.29, 1.82) is 0 Å². The van der Waals surface area contributed by atoms with Crippen molar-refractivity contribution in [2.45, 2.75) is 13.0 Å². The van der Waals surface area contributed by atoms with Crippen molar-refractivity contribution in [3.05, 3.63) is 58.6 Å². The topological polar surface area (TPSA) is 35.2 Å². The number of para-hydroxylation sites is 1. The SMILES string of the molecule is CC(N)c1ccccc1Oc1ccc(Br)cc1. The predicted octanol–water partition coefficient (Wildman–Crippen LogP) is 4.26. The van der Waals surface area contributed by atoms with E-state index in [1.165, 1.54) is 0 Å². The molecule has 2 N–H and O–H groups in total. The molecule has 2 aromatic carbocycles. The standard InChI is InChI=1S/C14H14BrNO/c1-10(16)13-4-2-3-5-14(13)17-12-8-6-11(15)7-9-12/h2-10H,16H2,1H3. The minimum absolute atomic E-state index is 0.0401. The van der Waals surface area contributed by atoms with Gasteiger partial charge in [-0.2, -0.15) is 0 Å². The molecule has 3 heteroatoms. The lowest BCUT2D eigenvalue weighted by Crippen LogP contribution is -2.06. The van der Waals surface area contributed by atoms with Crippen molar-refractivity contribution in [3.8, 4) is 11.5 Å². The van der Waals surface area contributed by atoms with E-state index in [2.05, 4.69) is 15.9 Å². The first-order valence-corrected chi connectivity index (χ1v) is 6.24. The van der Waals surface area contributed by atoms with Gasteiger partial charge < -0.3 is 10.5 Å². The summed E-state index contributed by atoms with van der Waals surface area (Å²) in [6, 6.07) is 15.5. The quantitative estimate of drug-likeness (QED) is 0.917. The largest absolute Gasteiger partial charge is 0.457 e. The molecular weight excluding hydrogens is 278 g/mol. The Kier molecular flexibility index (Phi) is 3.82. The minimum Gasteiger partial charge on any atom is -0.457 e. The van der Waals surface area contributed by atoms with E-state index >= 15 is 0 Å². The highest BCUT2D eigenvalue weighted by Crippen LogP contribution is 2.29. The Balaban J connectivity index is 2.26. The molecule has 0 radical (unpaired) electrons. The Morgan fingerprint density at radius 3 is 2.35 bits per heavy atom. The summed E-state index contributed by atoms with van der Waals surface area (Å²) in [5, 5.41) is 0. The Bertz CT molecular complexity index is 494. The summed E-state index contributed by atoms with van der Waals surface area (Å²) in [6.07, 6.45) is 0. The van der Waals surface area contributed by atoms with Crippen LogP contribution in [0.1, 0.15) is 18.5 Å². The molecule has 1 atom stereocenters. The number of nitrogens with two attached hydrogens (primary N) is 1. The van der Waals surface area contributed by atoms with Gasteiger partial charge in [0.25, 0.3) is 0 Å². The van der Waals surface area contributed by atoms with Crippen molar-refractivity contribution < 1.29 is 4.74 Å². The van der Waals surface area contributed by atoms with E-state index in [-0.39, 0.29) is 6.04 Å². The van der Waals surface area contributed by atoms with Crippen LogP contribution in [0, 0.1) is 0 Å². The van der Waals surface area contributed by atoms with Gasteiger partial charge in [0.05, 0.1) is 0 Å². The van der Waals surface area contributed by atoms with Gasteiger partial charge in [0.2, 0.25) is 0 Å². The summed E-state index contributed by atoms with van der Waals surface area (Å²) in [5.41, 5.74) is 6.91. The maximum Gasteiger partial charge on any atom is 0.132 e. The fraction of sp³-hybridized carbons (Fsp3) is 0.143. The van der Waals surface area contributed by atoms with E-state index < -0.39 is 0 Å². The first-order valence-electron chi connectivity index (χ1n) is 5.45. The molecule has 0 bridgehead atoms. The fourth-order valence-electron chi connectivity index (χ4n) is 1.58. The van der Waals surface area contributed by atoms with E-state index in [9.17, 15) is 0 Å². The summed E-state index contributed by atoms with van der Waals surface area (Å²) in [7, 11) is 0. The zero-order valence-corrected chi connectivity index (χ0v) is 11.1. The molecule has 0 aliphatic carbocycles. The number of benzene rings is 2. The maximum absolute atomic E-state index is 5.90. The zero-order valence-electron chi connectivity index (χ0n) is 9.56. The molecule has 0 saturated carbocycles. The van der Waals surface area contributed by atoms with Crippen molar-refractivity contribution in [2.24, 2.45) is 5.73 Å². The van der Waals surface area contributed by atoms with E-state index in [0.29, 0.717) is 0 Å². The molecule has 17 heavy (non-hydrogen) atoms. The summed E-state index contributed by atoms with van der Waals surface area (Å²) in [4.78, 5) is 0. The molecule has 0 amide bonds. The molecule has 0 saturated heterocycles. The second-order valence-corrected chi connectivity index (χ2v) is 4.80. The number of halogens is 1. The lowest BCUT2D eigenvalue weighted by Gasteiger charge is -2.13. The molecule has 2 aromatic rings. The summed E-state index contributed by atoms with van der Waals surface area (Å²) in [6.45, 7) is 1.95. The van der Waals surface area contributed by atoms with Gasteiger partial charge in [-0.3, -0.25) is 0 Å². The third-order valence-electron chi connectivity index (χ3n) is 2.45. The molecule has 0 spiro atoms. The zero-order chi connectivity index (χ0) is 12.3.